The molecule has 0 unspecified atom stereocenters. The first-order chi connectivity index (χ1) is 16.4. The number of hydrogen-bond donors (Lipinski definition) is 0. The molecule has 4 rings (SSSR count). The Kier molecular flexibility index (Phi) is 5.57. The molecule has 4 aliphatic rings. The van der Waals surface area contributed by atoms with Crippen LogP contribution in [0.2, 0.25) is 0 Å². The fourth-order valence-corrected chi connectivity index (χ4v) is 8.20. The number of methoxy groups -OCH3 is 1. The van der Waals surface area contributed by atoms with Crippen molar-refractivity contribution in [2.75, 3.05) is 7.11 Å². The highest BCUT2D eigenvalue weighted by Gasteiger charge is 2.76. The summed E-state index contributed by atoms with van der Waals surface area (Å²) in [5, 5.41) is 0. The molecule has 0 amide bonds. The number of hydrogen-bond acceptors (Lipinski definition) is 8. The Morgan fingerprint density at radius 2 is 1.67 bits per heavy atom. The van der Waals surface area contributed by atoms with Crippen molar-refractivity contribution in [2.45, 2.75) is 73.0 Å². The van der Waals surface area contributed by atoms with Crippen LogP contribution in [0.3, 0.4) is 0 Å². The number of carbonyl (C=O) groups excluding carboxylic acids is 5. The second-order valence-electron chi connectivity index (χ2n) is 12.3. The molecule has 2 saturated carbocycles. The van der Waals surface area contributed by atoms with Gasteiger partial charge < -0.3 is 14.2 Å². The van der Waals surface area contributed by atoms with Crippen LogP contribution in [-0.4, -0.2) is 48.3 Å². The predicted molar refractivity (Wildman–Crippen MR) is 128 cm³/mol. The Balaban J connectivity index is 1.96. The van der Waals surface area contributed by atoms with E-state index in [1.54, 1.807) is 13.0 Å². The van der Waals surface area contributed by atoms with Gasteiger partial charge in [-0.1, -0.05) is 45.9 Å². The van der Waals surface area contributed by atoms with Gasteiger partial charge in [-0.3, -0.25) is 19.2 Å². The lowest BCUT2D eigenvalue weighted by atomic mass is 9.35. The minimum Gasteiger partial charge on any atom is -0.466 e. The Labute approximate surface area is 211 Å². The van der Waals surface area contributed by atoms with Gasteiger partial charge in [0.25, 0.3) is 5.60 Å². The highest BCUT2D eigenvalue weighted by molar-refractivity contribution is 6.15. The summed E-state index contributed by atoms with van der Waals surface area (Å²) in [7, 11) is 1.13. The summed E-state index contributed by atoms with van der Waals surface area (Å²) in [4.78, 5) is 65.7. The van der Waals surface area contributed by atoms with E-state index in [2.05, 4.69) is 13.5 Å². The molecule has 8 atom stereocenters. The number of cyclic esters (lactones) is 1. The zero-order valence-corrected chi connectivity index (χ0v) is 22.4. The molecule has 3 aliphatic carbocycles. The molecule has 0 aromatic rings. The SMILES string of the molecule is C=C1C[C@@H]2[C@@]3(C)C=CC(=O)C(C)(C)[C@H]3C[C@H](OC(C)=O)[C@@]2(C)[C@@H]2C(=O)O[C@@](C)(C(=O)OC)C(=O)[C@]12C. The minimum atomic E-state index is -2.11. The summed E-state index contributed by atoms with van der Waals surface area (Å²) < 4.78 is 16.3. The lowest BCUT2D eigenvalue weighted by molar-refractivity contribution is -0.240. The monoisotopic (exact) mass is 500 g/mol. The summed E-state index contributed by atoms with van der Waals surface area (Å²) >= 11 is 0. The lowest BCUT2D eigenvalue weighted by Gasteiger charge is -2.68. The van der Waals surface area contributed by atoms with Crippen LogP contribution in [0.15, 0.2) is 24.3 Å². The van der Waals surface area contributed by atoms with E-state index in [-0.39, 0.29) is 17.6 Å². The Hall–Kier alpha value is -2.77. The third-order valence-electron chi connectivity index (χ3n) is 10.2. The first-order valence-electron chi connectivity index (χ1n) is 12.4. The maximum absolute atomic E-state index is 14.0. The zero-order chi connectivity index (χ0) is 27.2. The summed E-state index contributed by atoms with van der Waals surface area (Å²) in [5.41, 5.74) is -5.37. The second kappa shape index (κ2) is 7.62. The molecule has 8 heteroatoms. The molecule has 0 radical (unpaired) electrons. The van der Waals surface area contributed by atoms with Crippen LogP contribution in [0.5, 0.6) is 0 Å². The van der Waals surface area contributed by atoms with Crippen LogP contribution in [0.4, 0.5) is 0 Å². The molecule has 0 spiro atoms. The van der Waals surface area contributed by atoms with E-state index in [4.69, 9.17) is 14.2 Å². The van der Waals surface area contributed by atoms with E-state index in [9.17, 15) is 24.0 Å². The number of carbonyl (C=O) groups is 5. The number of allylic oxidation sites excluding steroid dienone is 3. The molecular formula is C28H36O8. The smallest absolute Gasteiger partial charge is 0.358 e. The van der Waals surface area contributed by atoms with E-state index in [1.165, 1.54) is 13.8 Å². The molecule has 0 bridgehead atoms. The maximum Gasteiger partial charge on any atom is 0.358 e. The normalized spacial score (nSPS) is 45.1. The highest BCUT2D eigenvalue weighted by Crippen LogP contribution is 2.71. The van der Waals surface area contributed by atoms with Crippen molar-refractivity contribution in [3.63, 3.8) is 0 Å². The van der Waals surface area contributed by atoms with Crippen LogP contribution in [-0.2, 0) is 38.2 Å². The van der Waals surface area contributed by atoms with Gasteiger partial charge in [0.2, 0.25) is 0 Å². The van der Waals surface area contributed by atoms with Crippen LogP contribution in [0.25, 0.3) is 0 Å². The van der Waals surface area contributed by atoms with E-state index in [0.717, 1.165) is 7.11 Å². The maximum atomic E-state index is 14.0. The van der Waals surface area contributed by atoms with Crippen molar-refractivity contribution >= 4 is 29.5 Å². The average molecular weight is 501 g/mol. The van der Waals surface area contributed by atoms with Crippen molar-refractivity contribution in [3.8, 4) is 0 Å². The summed E-state index contributed by atoms with van der Waals surface area (Å²) in [6, 6.07) is 0. The van der Waals surface area contributed by atoms with Gasteiger partial charge >= 0.3 is 17.9 Å². The quantitative estimate of drug-likeness (QED) is 0.245. The van der Waals surface area contributed by atoms with Gasteiger partial charge in [0, 0.05) is 17.8 Å². The molecule has 1 heterocycles. The predicted octanol–water partition coefficient (Wildman–Crippen LogP) is 3.37. The van der Waals surface area contributed by atoms with Crippen molar-refractivity contribution in [2.24, 2.45) is 39.4 Å². The third kappa shape index (κ3) is 2.96. The van der Waals surface area contributed by atoms with Gasteiger partial charge in [0.05, 0.1) is 18.4 Å². The standard InChI is InChI=1S/C28H36O8/c1-14-12-17-25(5)11-10-18(30)24(3,4)16(25)13-19(35-15(2)29)27(17,7)20-21(31)36-28(8,23(33)34-9)22(32)26(14,20)6/h10-11,16-17,19-20H,1,12-13H2,2-9H3/t16-,17-,19+,20-,25+,26-,27+,28-/m1/s1. The van der Waals surface area contributed by atoms with Crippen LogP contribution in [0, 0.1) is 39.4 Å². The van der Waals surface area contributed by atoms with Crippen molar-refractivity contribution < 1.29 is 38.2 Å². The van der Waals surface area contributed by atoms with Gasteiger partial charge in [0.15, 0.2) is 11.6 Å². The Morgan fingerprint density at radius 1 is 1.06 bits per heavy atom. The first kappa shape index (κ1) is 26.3. The van der Waals surface area contributed by atoms with Crippen molar-refractivity contribution in [3.05, 3.63) is 24.3 Å². The molecule has 196 valence electrons. The van der Waals surface area contributed by atoms with Crippen molar-refractivity contribution in [1.82, 2.24) is 0 Å². The number of ketones is 2. The molecule has 3 fully saturated rings. The zero-order valence-electron chi connectivity index (χ0n) is 22.4. The highest BCUT2D eigenvalue weighted by atomic mass is 16.6. The molecule has 0 N–H and O–H groups in total. The van der Waals surface area contributed by atoms with E-state index in [1.807, 2.05) is 26.8 Å². The molecular weight excluding hydrogens is 464 g/mol. The fourth-order valence-electron chi connectivity index (χ4n) is 8.20. The molecule has 1 aliphatic heterocycles. The average Bonchev–Trinajstić information content (AvgIpc) is 2.78. The number of ether oxygens (including phenoxy) is 3. The Bertz CT molecular complexity index is 1130. The molecule has 1 saturated heterocycles. The van der Waals surface area contributed by atoms with Gasteiger partial charge in [-0.05, 0) is 50.0 Å². The summed E-state index contributed by atoms with van der Waals surface area (Å²) in [5.74, 6) is -4.34. The molecule has 0 aromatic heterocycles. The Morgan fingerprint density at radius 3 is 2.22 bits per heavy atom. The second-order valence-corrected chi connectivity index (χ2v) is 12.3. The van der Waals surface area contributed by atoms with Crippen molar-refractivity contribution in [1.29, 1.82) is 0 Å². The third-order valence-corrected chi connectivity index (χ3v) is 10.2. The number of fused-ring (bicyclic) bond motifs is 5. The van der Waals surface area contributed by atoms with Gasteiger partial charge in [0.1, 0.15) is 6.10 Å². The fraction of sp³-hybridized carbons (Fsp3) is 0.679. The molecule has 0 aromatic carbocycles. The van der Waals surface area contributed by atoms with Crippen LogP contribution in [0.1, 0.15) is 61.3 Å². The summed E-state index contributed by atoms with van der Waals surface area (Å²) in [6.07, 6.45) is 3.44. The van der Waals surface area contributed by atoms with Gasteiger partial charge in [-0.2, -0.15) is 0 Å². The largest absolute Gasteiger partial charge is 0.466 e. The van der Waals surface area contributed by atoms with Gasteiger partial charge in [-0.25, -0.2) is 4.79 Å². The van der Waals surface area contributed by atoms with E-state index < -0.39 is 63.0 Å². The number of rotatable bonds is 2. The van der Waals surface area contributed by atoms with Crippen LogP contribution < -0.4 is 0 Å². The van der Waals surface area contributed by atoms with E-state index >= 15 is 0 Å². The topological polar surface area (TPSA) is 113 Å². The molecule has 8 nitrogen and oxygen atoms in total. The minimum absolute atomic E-state index is 0.00396. The first-order valence-corrected chi connectivity index (χ1v) is 12.4. The van der Waals surface area contributed by atoms with Gasteiger partial charge in [-0.15, -0.1) is 0 Å². The molecule has 36 heavy (non-hydrogen) atoms. The van der Waals surface area contributed by atoms with E-state index in [0.29, 0.717) is 18.4 Å². The van der Waals surface area contributed by atoms with Crippen LogP contribution >= 0.6 is 0 Å². The lowest BCUT2D eigenvalue weighted by Crippen LogP contribution is -2.73. The summed E-state index contributed by atoms with van der Waals surface area (Å²) in [6.45, 7) is 16.2. The number of Topliss-reactive ketones (excluding diaryl/α,β-unsaturated/α-hetero) is 1. The number of esters is 3.